The number of nitrogens with one attached hydrogen (secondary N) is 1. The molecule has 1 rings (SSSR count). The molecule has 3 N–H and O–H groups in total. The van der Waals surface area contributed by atoms with Crippen LogP contribution in [0.4, 0.5) is 0 Å². The van der Waals surface area contributed by atoms with Gasteiger partial charge in [0.1, 0.15) is 6.10 Å². The van der Waals surface area contributed by atoms with Crippen molar-refractivity contribution in [3.63, 3.8) is 0 Å². The molecule has 0 saturated heterocycles. The van der Waals surface area contributed by atoms with E-state index in [1.807, 2.05) is 11.8 Å². The van der Waals surface area contributed by atoms with E-state index in [-0.39, 0.29) is 12.5 Å². The van der Waals surface area contributed by atoms with Crippen LogP contribution in [0.3, 0.4) is 0 Å². The number of hydrogen-bond donors (Lipinski definition) is 2. The van der Waals surface area contributed by atoms with E-state index in [1.165, 1.54) is 20.0 Å². The molecule has 82 valence electrons. The molecule has 1 atom stereocenters. The van der Waals surface area contributed by atoms with E-state index in [4.69, 9.17) is 10.5 Å². The molecule has 1 unspecified atom stereocenters. The predicted molar refractivity (Wildman–Crippen MR) is 58.3 cm³/mol. The summed E-state index contributed by atoms with van der Waals surface area (Å²) in [7, 11) is 1.50. The lowest BCUT2D eigenvalue weighted by molar-refractivity contribution is -0.130. The minimum Gasteiger partial charge on any atom is -0.370 e. The quantitative estimate of drug-likeness (QED) is 0.657. The van der Waals surface area contributed by atoms with Gasteiger partial charge in [-0.25, -0.2) is 0 Å². The van der Waals surface area contributed by atoms with Crippen LogP contribution >= 0.6 is 11.8 Å². The number of amides is 1. The van der Waals surface area contributed by atoms with Crippen molar-refractivity contribution in [3.8, 4) is 0 Å². The molecule has 1 aliphatic carbocycles. The molecule has 4 nitrogen and oxygen atoms in total. The average molecular weight is 218 g/mol. The van der Waals surface area contributed by atoms with Crippen molar-refractivity contribution in [1.29, 1.82) is 0 Å². The highest BCUT2D eigenvalue weighted by molar-refractivity contribution is 8.00. The van der Waals surface area contributed by atoms with Gasteiger partial charge in [0.2, 0.25) is 5.91 Å². The number of hydrogen-bond acceptors (Lipinski definition) is 4. The van der Waals surface area contributed by atoms with Crippen LogP contribution in [-0.2, 0) is 9.53 Å². The number of rotatable bonds is 6. The molecule has 0 spiro atoms. The van der Waals surface area contributed by atoms with Gasteiger partial charge in [0.05, 0.1) is 0 Å². The van der Waals surface area contributed by atoms with Crippen LogP contribution in [0.15, 0.2) is 0 Å². The average Bonchev–Trinajstić information content (AvgIpc) is 2.97. The fraction of sp³-hybridized carbons (Fsp3) is 0.889. The number of carbonyl (C=O) groups is 1. The molecule has 1 saturated carbocycles. The first-order chi connectivity index (χ1) is 6.67. The minimum atomic E-state index is -0.507. The van der Waals surface area contributed by atoms with E-state index in [9.17, 15) is 4.79 Å². The van der Waals surface area contributed by atoms with Crippen molar-refractivity contribution in [2.45, 2.75) is 23.7 Å². The standard InChI is InChI=1S/C9H18N2O2S/c1-13-7(5-10)8(12)11-6-9(14-2)3-4-9/h7H,3-6,10H2,1-2H3,(H,11,12). The molecule has 1 amide bonds. The van der Waals surface area contributed by atoms with E-state index in [1.54, 1.807) is 0 Å². The van der Waals surface area contributed by atoms with Crippen LogP contribution in [0.25, 0.3) is 0 Å². The first kappa shape index (κ1) is 11.8. The Kier molecular flexibility index (Phi) is 4.22. The third kappa shape index (κ3) is 2.87. The summed E-state index contributed by atoms with van der Waals surface area (Å²) in [5.41, 5.74) is 5.38. The summed E-state index contributed by atoms with van der Waals surface area (Å²) in [5, 5.41) is 2.87. The van der Waals surface area contributed by atoms with Gasteiger partial charge in [-0.3, -0.25) is 4.79 Å². The Labute approximate surface area is 88.9 Å². The Morgan fingerprint density at radius 1 is 1.71 bits per heavy atom. The maximum Gasteiger partial charge on any atom is 0.250 e. The minimum absolute atomic E-state index is 0.102. The van der Waals surface area contributed by atoms with Crippen molar-refractivity contribution in [2.75, 3.05) is 26.5 Å². The molecule has 1 fully saturated rings. The van der Waals surface area contributed by atoms with Gasteiger partial charge < -0.3 is 15.8 Å². The summed E-state index contributed by atoms with van der Waals surface area (Å²) in [6.45, 7) is 0.960. The van der Waals surface area contributed by atoms with Gasteiger partial charge in [0, 0.05) is 24.9 Å². The Bertz CT molecular complexity index is 203. The fourth-order valence-electron chi connectivity index (χ4n) is 1.26. The van der Waals surface area contributed by atoms with E-state index >= 15 is 0 Å². The van der Waals surface area contributed by atoms with E-state index in [0.717, 1.165) is 6.54 Å². The zero-order valence-corrected chi connectivity index (χ0v) is 9.52. The highest BCUT2D eigenvalue weighted by Gasteiger charge is 2.42. The lowest BCUT2D eigenvalue weighted by Crippen LogP contribution is -2.43. The van der Waals surface area contributed by atoms with Crippen molar-refractivity contribution in [2.24, 2.45) is 5.73 Å². The first-order valence-corrected chi connectivity index (χ1v) is 5.95. The molecule has 14 heavy (non-hydrogen) atoms. The normalized spacial score (nSPS) is 20.2. The van der Waals surface area contributed by atoms with Crippen LogP contribution in [-0.4, -0.2) is 43.2 Å². The third-order valence-corrected chi connectivity index (χ3v) is 4.04. The van der Waals surface area contributed by atoms with Crippen molar-refractivity contribution < 1.29 is 9.53 Å². The largest absolute Gasteiger partial charge is 0.370 e. The summed E-state index contributed by atoms with van der Waals surface area (Å²) >= 11 is 1.82. The summed E-state index contributed by atoms with van der Waals surface area (Å²) in [6.07, 6.45) is 3.95. The summed E-state index contributed by atoms with van der Waals surface area (Å²) < 4.78 is 5.23. The van der Waals surface area contributed by atoms with E-state index in [2.05, 4.69) is 11.6 Å². The maximum absolute atomic E-state index is 11.5. The number of carbonyl (C=O) groups excluding carboxylic acids is 1. The smallest absolute Gasteiger partial charge is 0.250 e. The molecule has 5 heteroatoms. The van der Waals surface area contributed by atoms with E-state index in [0.29, 0.717) is 4.75 Å². The zero-order chi connectivity index (χ0) is 10.6. The SMILES string of the molecule is COC(CN)C(=O)NCC1(SC)CC1. The Balaban J connectivity index is 2.27. The topological polar surface area (TPSA) is 64.3 Å². The van der Waals surface area contributed by atoms with E-state index < -0.39 is 6.10 Å². The maximum atomic E-state index is 11.5. The molecule has 0 aromatic rings. The second-order valence-corrected chi connectivity index (χ2v) is 4.84. The Hall–Kier alpha value is -0.260. The van der Waals surface area contributed by atoms with Crippen molar-refractivity contribution in [3.05, 3.63) is 0 Å². The number of methoxy groups -OCH3 is 1. The van der Waals surface area contributed by atoms with Gasteiger partial charge in [-0.05, 0) is 19.1 Å². The van der Waals surface area contributed by atoms with Gasteiger partial charge in [0.25, 0.3) is 0 Å². The van der Waals surface area contributed by atoms with Gasteiger partial charge in [-0.1, -0.05) is 0 Å². The molecule has 1 aliphatic rings. The van der Waals surface area contributed by atoms with Crippen molar-refractivity contribution in [1.82, 2.24) is 5.32 Å². The number of ether oxygens (including phenoxy) is 1. The van der Waals surface area contributed by atoms with Crippen LogP contribution in [0.1, 0.15) is 12.8 Å². The summed E-state index contributed by atoms with van der Waals surface area (Å²) in [5.74, 6) is -0.102. The monoisotopic (exact) mass is 218 g/mol. The molecule has 0 radical (unpaired) electrons. The van der Waals surface area contributed by atoms with Crippen molar-refractivity contribution >= 4 is 17.7 Å². The lowest BCUT2D eigenvalue weighted by Gasteiger charge is -2.16. The second-order valence-electron chi connectivity index (χ2n) is 3.56. The molecule has 0 aliphatic heterocycles. The first-order valence-electron chi connectivity index (χ1n) is 4.73. The van der Waals surface area contributed by atoms with Crippen LogP contribution in [0.5, 0.6) is 0 Å². The van der Waals surface area contributed by atoms with Gasteiger partial charge in [0.15, 0.2) is 0 Å². The number of nitrogens with two attached hydrogens (primary N) is 1. The molecule has 0 bridgehead atoms. The highest BCUT2D eigenvalue weighted by atomic mass is 32.2. The van der Waals surface area contributed by atoms with Gasteiger partial charge >= 0.3 is 0 Å². The summed E-state index contributed by atoms with van der Waals surface area (Å²) in [4.78, 5) is 11.5. The highest BCUT2D eigenvalue weighted by Crippen LogP contribution is 2.46. The zero-order valence-electron chi connectivity index (χ0n) is 8.71. The Morgan fingerprint density at radius 3 is 2.71 bits per heavy atom. The molecule has 0 aromatic heterocycles. The molecular weight excluding hydrogens is 200 g/mol. The van der Waals surface area contributed by atoms with Gasteiger partial charge in [-0.2, -0.15) is 11.8 Å². The molecule has 0 heterocycles. The van der Waals surface area contributed by atoms with Crippen LogP contribution in [0.2, 0.25) is 0 Å². The Morgan fingerprint density at radius 2 is 2.36 bits per heavy atom. The molecule has 0 aromatic carbocycles. The van der Waals surface area contributed by atoms with Crippen LogP contribution < -0.4 is 11.1 Å². The lowest BCUT2D eigenvalue weighted by atomic mass is 10.3. The van der Waals surface area contributed by atoms with Gasteiger partial charge in [-0.15, -0.1) is 0 Å². The third-order valence-electron chi connectivity index (χ3n) is 2.62. The molecular formula is C9H18N2O2S. The van der Waals surface area contributed by atoms with Crippen LogP contribution in [0, 0.1) is 0 Å². The second kappa shape index (κ2) is 5.00. The predicted octanol–water partition coefficient (Wildman–Crippen LogP) is -0.0281. The fourth-order valence-corrected chi connectivity index (χ4v) is 1.99. The number of thioether (sulfide) groups is 1. The summed E-state index contributed by atoms with van der Waals surface area (Å²) in [6, 6.07) is 0.